The number of nitrogens with one attached hydrogen (secondary N) is 1. The van der Waals surface area contributed by atoms with Crippen LogP contribution in [0.15, 0.2) is 18.2 Å². The minimum atomic E-state index is -0.202. The highest BCUT2D eigenvalue weighted by Gasteiger charge is 2.18. The van der Waals surface area contributed by atoms with Gasteiger partial charge in [0.25, 0.3) is 0 Å². The van der Waals surface area contributed by atoms with Gasteiger partial charge in [0.1, 0.15) is 5.75 Å². The first kappa shape index (κ1) is 13.7. The highest BCUT2D eigenvalue weighted by molar-refractivity contribution is 6.02. The number of hydrogen-bond acceptors (Lipinski definition) is 3. The summed E-state index contributed by atoms with van der Waals surface area (Å²) in [5, 5.41) is 2.96. The average Bonchev–Trinajstić information content (AvgIpc) is 2.35. The number of hydrogen-bond donors (Lipinski definition) is 1. The number of Topliss-reactive ketones (excluding diaryl/α,β-unsaturated/α-hetero) is 1. The molecule has 0 spiro atoms. The van der Waals surface area contributed by atoms with E-state index >= 15 is 0 Å². The van der Waals surface area contributed by atoms with Gasteiger partial charge in [-0.05, 0) is 37.6 Å². The Morgan fingerprint density at radius 2 is 1.94 bits per heavy atom. The Labute approximate surface area is 103 Å². The molecule has 1 N–H and O–H groups in total. The van der Waals surface area contributed by atoms with Crippen molar-refractivity contribution in [3.8, 4) is 5.75 Å². The number of carbonyl (C=O) groups is 1. The largest absolute Gasteiger partial charge is 0.496 e. The van der Waals surface area contributed by atoms with Crippen LogP contribution in [0.2, 0.25) is 0 Å². The van der Waals surface area contributed by atoms with Gasteiger partial charge in [-0.25, -0.2) is 0 Å². The van der Waals surface area contributed by atoms with Gasteiger partial charge in [0.2, 0.25) is 0 Å². The van der Waals surface area contributed by atoms with Crippen molar-refractivity contribution in [2.45, 2.75) is 32.7 Å². The van der Waals surface area contributed by atoms with Crippen LogP contribution in [0.25, 0.3) is 0 Å². The molecule has 0 aliphatic heterocycles. The molecule has 1 aromatic carbocycles. The molecular formula is C14H21NO2. The standard InChI is InChI=1S/C14H21NO2/c1-9(2)11-6-7-13(17-5)12(8-11)14(16)10(3)15-4/h6-10,15H,1-5H3. The first-order chi connectivity index (χ1) is 8.01. The fourth-order valence-corrected chi connectivity index (χ4v) is 1.64. The first-order valence-corrected chi connectivity index (χ1v) is 5.90. The highest BCUT2D eigenvalue weighted by atomic mass is 16.5. The fraction of sp³-hybridized carbons (Fsp3) is 0.500. The Bertz CT molecular complexity index is 399. The normalized spacial score (nSPS) is 12.6. The Morgan fingerprint density at radius 1 is 1.29 bits per heavy atom. The lowest BCUT2D eigenvalue weighted by Gasteiger charge is -2.15. The Balaban J connectivity index is 3.18. The van der Waals surface area contributed by atoms with E-state index in [-0.39, 0.29) is 11.8 Å². The maximum absolute atomic E-state index is 12.2. The topological polar surface area (TPSA) is 38.3 Å². The van der Waals surface area contributed by atoms with Gasteiger partial charge in [-0.1, -0.05) is 19.9 Å². The summed E-state index contributed by atoms with van der Waals surface area (Å²) in [6.07, 6.45) is 0. The molecule has 0 bridgehead atoms. The van der Waals surface area contributed by atoms with Gasteiger partial charge in [0.15, 0.2) is 5.78 Å². The first-order valence-electron chi connectivity index (χ1n) is 5.90. The number of likely N-dealkylation sites (N-methyl/N-ethyl adjacent to an activating group) is 1. The van der Waals surface area contributed by atoms with Crippen LogP contribution in [0.5, 0.6) is 5.75 Å². The molecule has 0 aliphatic carbocycles. The number of carbonyl (C=O) groups excluding carboxylic acids is 1. The summed E-state index contributed by atoms with van der Waals surface area (Å²) in [4.78, 5) is 12.2. The third-order valence-corrected chi connectivity index (χ3v) is 2.98. The Kier molecular flexibility index (Phi) is 4.70. The molecule has 1 unspecified atom stereocenters. The fourth-order valence-electron chi connectivity index (χ4n) is 1.64. The zero-order valence-corrected chi connectivity index (χ0v) is 11.2. The van der Waals surface area contributed by atoms with Gasteiger partial charge in [-0.15, -0.1) is 0 Å². The smallest absolute Gasteiger partial charge is 0.183 e. The van der Waals surface area contributed by atoms with Crippen LogP contribution >= 0.6 is 0 Å². The van der Waals surface area contributed by atoms with E-state index in [0.717, 1.165) is 5.56 Å². The van der Waals surface area contributed by atoms with E-state index in [4.69, 9.17) is 4.74 Å². The number of ketones is 1. The summed E-state index contributed by atoms with van der Waals surface area (Å²) in [5.41, 5.74) is 1.80. The van der Waals surface area contributed by atoms with Crippen molar-refractivity contribution in [2.75, 3.05) is 14.2 Å². The van der Waals surface area contributed by atoms with E-state index in [1.165, 1.54) is 0 Å². The van der Waals surface area contributed by atoms with E-state index < -0.39 is 0 Å². The van der Waals surface area contributed by atoms with Crippen LogP contribution < -0.4 is 10.1 Å². The zero-order chi connectivity index (χ0) is 13.0. The number of ether oxygens (including phenoxy) is 1. The summed E-state index contributed by atoms with van der Waals surface area (Å²) >= 11 is 0. The lowest BCUT2D eigenvalue weighted by atomic mass is 9.96. The SMILES string of the molecule is CNC(C)C(=O)c1cc(C(C)C)ccc1OC. The number of benzene rings is 1. The molecular weight excluding hydrogens is 214 g/mol. The van der Waals surface area contributed by atoms with Crippen LogP contribution in [0.4, 0.5) is 0 Å². The summed E-state index contributed by atoms with van der Waals surface area (Å²) in [5.74, 6) is 1.10. The maximum atomic E-state index is 12.2. The molecule has 1 atom stereocenters. The Hall–Kier alpha value is -1.35. The number of methoxy groups -OCH3 is 1. The molecule has 94 valence electrons. The van der Waals surface area contributed by atoms with E-state index in [1.54, 1.807) is 14.2 Å². The van der Waals surface area contributed by atoms with Crippen LogP contribution in [-0.4, -0.2) is 26.0 Å². The molecule has 0 radical (unpaired) electrons. The lowest BCUT2D eigenvalue weighted by Crippen LogP contribution is -2.31. The lowest BCUT2D eigenvalue weighted by molar-refractivity contribution is 0.0952. The van der Waals surface area contributed by atoms with E-state index in [0.29, 0.717) is 17.2 Å². The minimum Gasteiger partial charge on any atom is -0.496 e. The third-order valence-electron chi connectivity index (χ3n) is 2.98. The third kappa shape index (κ3) is 3.07. The molecule has 3 heteroatoms. The highest BCUT2D eigenvalue weighted by Crippen LogP contribution is 2.25. The van der Waals surface area contributed by atoms with Gasteiger partial charge in [0, 0.05) is 0 Å². The second-order valence-electron chi connectivity index (χ2n) is 4.49. The van der Waals surface area contributed by atoms with Crippen molar-refractivity contribution in [2.24, 2.45) is 0 Å². The van der Waals surface area contributed by atoms with E-state index in [9.17, 15) is 4.79 Å². The van der Waals surface area contributed by atoms with Crippen molar-refractivity contribution < 1.29 is 9.53 Å². The second-order valence-corrected chi connectivity index (χ2v) is 4.49. The molecule has 17 heavy (non-hydrogen) atoms. The summed E-state index contributed by atoms with van der Waals surface area (Å²) in [6, 6.07) is 5.60. The van der Waals surface area contributed by atoms with Crippen molar-refractivity contribution in [1.82, 2.24) is 5.32 Å². The van der Waals surface area contributed by atoms with Crippen LogP contribution in [0, 0.1) is 0 Å². The molecule has 0 amide bonds. The molecule has 1 aromatic rings. The van der Waals surface area contributed by atoms with Gasteiger partial charge in [-0.3, -0.25) is 4.79 Å². The molecule has 0 fully saturated rings. The monoisotopic (exact) mass is 235 g/mol. The second kappa shape index (κ2) is 5.82. The molecule has 0 saturated heterocycles. The van der Waals surface area contributed by atoms with Crippen molar-refractivity contribution in [1.29, 1.82) is 0 Å². The number of rotatable bonds is 5. The maximum Gasteiger partial charge on any atom is 0.183 e. The van der Waals surface area contributed by atoms with E-state index in [1.807, 2.05) is 25.1 Å². The van der Waals surface area contributed by atoms with Gasteiger partial charge < -0.3 is 10.1 Å². The van der Waals surface area contributed by atoms with Crippen LogP contribution in [0.1, 0.15) is 42.6 Å². The predicted molar refractivity (Wildman–Crippen MR) is 69.9 cm³/mol. The van der Waals surface area contributed by atoms with Gasteiger partial charge in [-0.2, -0.15) is 0 Å². The minimum absolute atomic E-state index is 0.0619. The van der Waals surface area contributed by atoms with Gasteiger partial charge in [0.05, 0.1) is 18.7 Å². The summed E-state index contributed by atoms with van der Waals surface area (Å²) in [6.45, 7) is 6.07. The predicted octanol–water partition coefficient (Wildman–Crippen LogP) is 2.61. The van der Waals surface area contributed by atoms with Crippen LogP contribution in [-0.2, 0) is 0 Å². The van der Waals surface area contributed by atoms with E-state index in [2.05, 4.69) is 19.2 Å². The summed E-state index contributed by atoms with van der Waals surface area (Å²) < 4.78 is 5.25. The molecule has 0 aromatic heterocycles. The van der Waals surface area contributed by atoms with Gasteiger partial charge >= 0.3 is 0 Å². The van der Waals surface area contributed by atoms with Crippen molar-refractivity contribution >= 4 is 5.78 Å². The molecule has 1 rings (SSSR count). The molecule has 0 saturated carbocycles. The average molecular weight is 235 g/mol. The molecule has 3 nitrogen and oxygen atoms in total. The van der Waals surface area contributed by atoms with Crippen LogP contribution in [0.3, 0.4) is 0 Å². The Morgan fingerprint density at radius 3 is 2.41 bits per heavy atom. The van der Waals surface area contributed by atoms with Crippen molar-refractivity contribution in [3.05, 3.63) is 29.3 Å². The van der Waals surface area contributed by atoms with Crippen molar-refractivity contribution in [3.63, 3.8) is 0 Å². The quantitative estimate of drug-likeness (QED) is 0.797. The molecule has 0 heterocycles. The summed E-state index contributed by atoms with van der Waals surface area (Å²) in [7, 11) is 3.37. The molecule has 0 aliphatic rings. The zero-order valence-electron chi connectivity index (χ0n) is 11.2.